The fraction of sp³-hybridized carbons (Fsp3) is 0.292. The van der Waals surface area contributed by atoms with Crippen molar-refractivity contribution in [1.29, 1.82) is 0 Å². The lowest BCUT2D eigenvalue weighted by Crippen LogP contribution is -2.38. The molecule has 184 valence electrons. The molecule has 0 saturated carbocycles. The van der Waals surface area contributed by atoms with E-state index < -0.39 is 17.6 Å². The van der Waals surface area contributed by atoms with Crippen LogP contribution in [0.3, 0.4) is 0 Å². The lowest BCUT2D eigenvalue weighted by atomic mass is 10.2. The molecule has 0 atom stereocenters. The number of para-hydroxylation sites is 1. The second-order valence-electron chi connectivity index (χ2n) is 8.54. The van der Waals surface area contributed by atoms with Gasteiger partial charge in [0.05, 0.1) is 6.54 Å². The van der Waals surface area contributed by atoms with Crippen LogP contribution in [0.5, 0.6) is 5.75 Å². The van der Waals surface area contributed by atoms with E-state index in [1.54, 1.807) is 0 Å². The van der Waals surface area contributed by atoms with Gasteiger partial charge in [-0.25, -0.2) is 9.48 Å². The minimum atomic E-state index is -4.78. The molecule has 0 aliphatic heterocycles. The Kier molecular flexibility index (Phi) is 6.42. The predicted octanol–water partition coefficient (Wildman–Crippen LogP) is 4.24. The van der Waals surface area contributed by atoms with E-state index in [2.05, 4.69) is 15.2 Å². The molecule has 2 aromatic carbocycles. The number of anilines is 2. The van der Waals surface area contributed by atoms with Gasteiger partial charge in [-0.05, 0) is 35.7 Å². The van der Waals surface area contributed by atoms with Crippen molar-refractivity contribution in [2.24, 2.45) is 13.0 Å². The molecule has 2 heterocycles. The van der Waals surface area contributed by atoms with Gasteiger partial charge in [-0.15, -0.1) is 13.2 Å². The summed E-state index contributed by atoms with van der Waals surface area (Å²) in [5, 5.41) is 8.06. The van der Waals surface area contributed by atoms with E-state index in [9.17, 15) is 22.8 Å². The molecule has 0 spiro atoms. The summed E-state index contributed by atoms with van der Waals surface area (Å²) in [6.07, 6.45) is -4.78. The monoisotopic (exact) mass is 487 g/mol. The van der Waals surface area contributed by atoms with Gasteiger partial charge in [0.1, 0.15) is 17.0 Å². The Morgan fingerprint density at radius 2 is 1.69 bits per heavy atom. The van der Waals surface area contributed by atoms with Gasteiger partial charge < -0.3 is 10.1 Å². The van der Waals surface area contributed by atoms with Gasteiger partial charge in [0.2, 0.25) is 0 Å². The molecule has 4 aromatic rings. The first-order valence-electron chi connectivity index (χ1n) is 10.9. The van der Waals surface area contributed by atoms with Crippen molar-refractivity contribution in [2.75, 3.05) is 5.32 Å². The largest absolute Gasteiger partial charge is 0.573 e. The number of fused-ring (bicyclic) bond motifs is 1. The van der Waals surface area contributed by atoms with Gasteiger partial charge in [-0.3, -0.25) is 13.9 Å². The van der Waals surface area contributed by atoms with E-state index >= 15 is 0 Å². The molecule has 2 aromatic heterocycles. The van der Waals surface area contributed by atoms with E-state index in [0.29, 0.717) is 23.6 Å². The third-order valence-electron chi connectivity index (χ3n) is 5.30. The maximum Gasteiger partial charge on any atom is 0.573 e. The number of rotatable bonds is 7. The molecule has 0 amide bonds. The molecular formula is C24H24F3N5O3. The van der Waals surface area contributed by atoms with Crippen molar-refractivity contribution < 1.29 is 17.9 Å². The highest BCUT2D eigenvalue weighted by Crippen LogP contribution is 2.26. The van der Waals surface area contributed by atoms with Crippen molar-refractivity contribution in [2.45, 2.75) is 33.3 Å². The van der Waals surface area contributed by atoms with Crippen molar-refractivity contribution in [1.82, 2.24) is 18.9 Å². The standard InChI is InChI=1S/C24H24F3N5O3/c1-15(2)13-31-21-19(22(33)30(3)23(31)34)20(28-17-7-5-4-6-8-17)32(29-21)14-16-9-11-18(12-10-16)35-24(25,26)27/h4-12,15,28H,13-14H2,1-3H3. The highest BCUT2D eigenvalue weighted by Gasteiger charge is 2.31. The van der Waals surface area contributed by atoms with E-state index in [-0.39, 0.29) is 29.2 Å². The zero-order valence-electron chi connectivity index (χ0n) is 19.3. The van der Waals surface area contributed by atoms with Crippen molar-refractivity contribution in [3.8, 4) is 5.75 Å². The van der Waals surface area contributed by atoms with Gasteiger partial charge in [-0.2, -0.15) is 5.10 Å². The molecule has 4 rings (SSSR count). The Balaban J connectivity index is 1.85. The summed E-state index contributed by atoms with van der Waals surface area (Å²) >= 11 is 0. The normalized spacial score (nSPS) is 11.9. The number of ether oxygens (including phenoxy) is 1. The Hall–Kier alpha value is -4.02. The van der Waals surface area contributed by atoms with Crippen molar-refractivity contribution >= 4 is 22.5 Å². The van der Waals surface area contributed by atoms with Crippen LogP contribution in [0.25, 0.3) is 11.0 Å². The van der Waals surface area contributed by atoms with Crippen molar-refractivity contribution in [3.05, 3.63) is 81.0 Å². The predicted molar refractivity (Wildman–Crippen MR) is 126 cm³/mol. The third-order valence-corrected chi connectivity index (χ3v) is 5.30. The van der Waals surface area contributed by atoms with E-state index in [1.165, 1.54) is 40.6 Å². The van der Waals surface area contributed by atoms with E-state index in [4.69, 9.17) is 0 Å². The molecule has 35 heavy (non-hydrogen) atoms. The van der Waals surface area contributed by atoms with Crippen LogP contribution in [0.4, 0.5) is 24.7 Å². The average Bonchev–Trinajstić information content (AvgIpc) is 3.14. The topological polar surface area (TPSA) is 83.1 Å². The number of alkyl halides is 3. The third kappa shape index (κ3) is 5.23. The van der Waals surface area contributed by atoms with Gasteiger partial charge >= 0.3 is 12.1 Å². The summed E-state index contributed by atoms with van der Waals surface area (Å²) in [5.41, 5.74) is 0.595. The summed E-state index contributed by atoms with van der Waals surface area (Å²) in [5.74, 6) is 0.152. The van der Waals surface area contributed by atoms with Gasteiger partial charge in [-0.1, -0.05) is 44.2 Å². The van der Waals surface area contributed by atoms with Crippen LogP contribution in [0.1, 0.15) is 19.4 Å². The lowest BCUT2D eigenvalue weighted by molar-refractivity contribution is -0.274. The Bertz CT molecular complexity index is 1450. The van der Waals surface area contributed by atoms with Crippen LogP contribution in [0.2, 0.25) is 0 Å². The maximum absolute atomic E-state index is 13.2. The van der Waals surface area contributed by atoms with E-state index in [1.807, 2.05) is 44.2 Å². The molecule has 0 aliphatic carbocycles. The minimum absolute atomic E-state index is 0.116. The van der Waals surface area contributed by atoms with Crippen molar-refractivity contribution in [3.63, 3.8) is 0 Å². The molecule has 11 heteroatoms. The summed E-state index contributed by atoms with van der Waals surface area (Å²) in [6, 6.07) is 14.5. The molecule has 0 aliphatic rings. The SMILES string of the molecule is CC(C)Cn1c(=O)n(C)c(=O)c2c(Nc3ccccc3)n(Cc3ccc(OC(F)(F)F)cc3)nc21. The number of benzene rings is 2. The molecule has 0 radical (unpaired) electrons. The smallest absolute Gasteiger partial charge is 0.406 e. The first kappa shape index (κ1) is 24.1. The zero-order chi connectivity index (χ0) is 25.3. The number of hydrogen-bond acceptors (Lipinski definition) is 5. The molecular weight excluding hydrogens is 463 g/mol. The Morgan fingerprint density at radius 1 is 1.03 bits per heavy atom. The van der Waals surface area contributed by atoms with E-state index in [0.717, 1.165) is 4.57 Å². The molecule has 0 bridgehead atoms. The van der Waals surface area contributed by atoms with Gasteiger partial charge in [0, 0.05) is 19.3 Å². The molecule has 8 nitrogen and oxygen atoms in total. The number of halogens is 3. The number of aromatic nitrogens is 4. The molecule has 0 saturated heterocycles. The second-order valence-corrected chi connectivity index (χ2v) is 8.54. The van der Waals surface area contributed by atoms with Gasteiger partial charge in [0.25, 0.3) is 5.56 Å². The van der Waals surface area contributed by atoms with Crippen LogP contribution >= 0.6 is 0 Å². The Morgan fingerprint density at radius 3 is 2.29 bits per heavy atom. The first-order valence-corrected chi connectivity index (χ1v) is 10.9. The fourth-order valence-electron chi connectivity index (χ4n) is 3.76. The molecule has 1 N–H and O–H groups in total. The minimum Gasteiger partial charge on any atom is -0.406 e. The van der Waals surface area contributed by atoms with Crippen LogP contribution < -0.4 is 21.3 Å². The lowest BCUT2D eigenvalue weighted by Gasteiger charge is -2.12. The van der Waals surface area contributed by atoms with Crippen LogP contribution in [-0.4, -0.2) is 25.3 Å². The fourth-order valence-corrected chi connectivity index (χ4v) is 3.76. The summed E-state index contributed by atoms with van der Waals surface area (Å²) in [7, 11) is 1.42. The van der Waals surface area contributed by atoms with Crippen LogP contribution in [0.15, 0.2) is 64.2 Å². The quantitative estimate of drug-likeness (QED) is 0.422. The highest BCUT2D eigenvalue weighted by atomic mass is 19.4. The molecule has 0 unspecified atom stereocenters. The maximum atomic E-state index is 13.2. The van der Waals surface area contributed by atoms with Gasteiger partial charge in [0.15, 0.2) is 5.65 Å². The Labute approximate surface area is 198 Å². The first-order chi connectivity index (χ1) is 16.5. The zero-order valence-corrected chi connectivity index (χ0v) is 19.3. The summed E-state index contributed by atoms with van der Waals surface area (Å²) < 4.78 is 45.5. The second kappa shape index (κ2) is 9.32. The van der Waals surface area contributed by atoms with Crippen LogP contribution in [-0.2, 0) is 20.1 Å². The number of nitrogens with zero attached hydrogens (tertiary/aromatic N) is 4. The van der Waals surface area contributed by atoms with Crippen LogP contribution in [0, 0.1) is 5.92 Å². The summed E-state index contributed by atoms with van der Waals surface area (Å²) in [6.45, 7) is 4.39. The number of nitrogens with one attached hydrogen (secondary N) is 1. The average molecular weight is 487 g/mol. The molecule has 0 fully saturated rings. The number of hydrogen-bond donors (Lipinski definition) is 1. The highest BCUT2D eigenvalue weighted by molar-refractivity contribution is 5.89. The summed E-state index contributed by atoms with van der Waals surface area (Å²) in [4.78, 5) is 26.1.